The Morgan fingerprint density at radius 1 is 1.31 bits per heavy atom. The molecule has 1 aromatic heterocycles. The van der Waals surface area contributed by atoms with Gasteiger partial charge in [-0.2, -0.15) is 0 Å². The van der Waals surface area contributed by atoms with Crippen molar-refractivity contribution in [2.75, 3.05) is 33.2 Å². The number of phenols is 1. The van der Waals surface area contributed by atoms with E-state index in [0.717, 1.165) is 42.2 Å². The number of aromatic hydroxyl groups is 1. The number of aryl methyl sites for hydroxylation is 1. The largest absolute Gasteiger partial charge is 0.507 e. The zero-order valence-electron chi connectivity index (χ0n) is 15.1. The number of ether oxygens (including phenoxy) is 1. The molecule has 4 rings (SSSR count). The predicted octanol–water partition coefficient (Wildman–Crippen LogP) is 0.292. The van der Waals surface area contributed by atoms with E-state index in [1.54, 1.807) is 28.4 Å². The van der Waals surface area contributed by atoms with E-state index in [1.807, 2.05) is 24.4 Å². The van der Waals surface area contributed by atoms with Gasteiger partial charge in [-0.25, -0.2) is 0 Å². The minimum atomic E-state index is -0.0926. The Morgan fingerprint density at radius 2 is 2.08 bits per heavy atom. The lowest BCUT2D eigenvalue weighted by molar-refractivity contribution is -1.01. The number of quaternary nitrogens is 2. The van der Waals surface area contributed by atoms with E-state index in [9.17, 15) is 9.90 Å². The van der Waals surface area contributed by atoms with Crippen LogP contribution in [0.25, 0.3) is 6.08 Å². The predicted molar refractivity (Wildman–Crippen MR) is 101 cm³/mol. The second-order valence-electron chi connectivity index (χ2n) is 7.23. The molecule has 0 saturated carbocycles. The molecule has 5 nitrogen and oxygen atoms in total. The summed E-state index contributed by atoms with van der Waals surface area (Å²) in [6, 6.07) is 5.61. The van der Waals surface area contributed by atoms with E-state index in [4.69, 9.17) is 4.74 Å². The lowest BCUT2D eigenvalue weighted by atomic mass is 9.99. The summed E-state index contributed by atoms with van der Waals surface area (Å²) < 4.78 is 5.99. The molecule has 3 heterocycles. The number of carbonyl (C=O) groups is 1. The SMILES string of the molecule is Cc1cc(O)c(C[NH+]2CC[NH+](C)CC2)c2c1C(=O)/C(=C/c1cccs1)O2. The van der Waals surface area contributed by atoms with E-state index in [2.05, 4.69) is 7.05 Å². The summed E-state index contributed by atoms with van der Waals surface area (Å²) in [5.74, 6) is 1.03. The van der Waals surface area contributed by atoms with Gasteiger partial charge in [0.15, 0.2) is 11.5 Å². The number of phenolic OH excluding ortho intramolecular Hbond substituents is 1. The van der Waals surface area contributed by atoms with E-state index in [0.29, 0.717) is 23.6 Å². The number of hydrogen-bond donors (Lipinski definition) is 3. The lowest BCUT2D eigenvalue weighted by Gasteiger charge is -2.27. The van der Waals surface area contributed by atoms with E-state index < -0.39 is 0 Å². The highest BCUT2D eigenvalue weighted by molar-refractivity contribution is 7.10. The van der Waals surface area contributed by atoms with Crippen molar-refractivity contribution in [3.05, 3.63) is 50.9 Å². The van der Waals surface area contributed by atoms with Crippen LogP contribution in [-0.2, 0) is 6.54 Å². The van der Waals surface area contributed by atoms with Crippen molar-refractivity contribution in [1.82, 2.24) is 0 Å². The Kier molecular flexibility index (Phi) is 4.56. The van der Waals surface area contributed by atoms with Gasteiger partial charge in [-0.15, -0.1) is 11.3 Å². The molecule has 1 aromatic carbocycles. The molecular formula is C20H24N2O3S+2. The van der Waals surface area contributed by atoms with Crippen molar-refractivity contribution in [3.63, 3.8) is 0 Å². The maximum absolute atomic E-state index is 12.9. The Hall–Kier alpha value is -2.15. The Morgan fingerprint density at radius 3 is 2.77 bits per heavy atom. The summed E-state index contributed by atoms with van der Waals surface area (Å²) in [6.45, 7) is 6.88. The van der Waals surface area contributed by atoms with E-state index in [-0.39, 0.29) is 11.5 Å². The number of piperazine rings is 1. The van der Waals surface area contributed by atoms with Crippen LogP contribution >= 0.6 is 11.3 Å². The lowest BCUT2D eigenvalue weighted by Crippen LogP contribution is -3.26. The summed E-state index contributed by atoms with van der Waals surface area (Å²) in [7, 11) is 2.21. The number of likely N-dealkylation sites (N-methyl/N-ethyl adjacent to an activating group) is 1. The van der Waals surface area contributed by atoms with Gasteiger partial charge in [0.05, 0.1) is 18.2 Å². The average molecular weight is 372 g/mol. The van der Waals surface area contributed by atoms with Crippen molar-refractivity contribution in [1.29, 1.82) is 0 Å². The Labute approximate surface area is 157 Å². The van der Waals surface area contributed by atoms with E-state index in [1.165, 1.54) is 4.90 Å². The van der Waals surface area contributed by atoms with E-state index >= 15 is 0 Å². The molecule has 3 N–H and O–H groups in total. The van der Waals surface area contributed by atoms with Gasteiger partial charge >= 0.3 is 0 Å². The first-order valence-corrected chi connectivity index (χ1v) is 9.89. The molecule has 2 aromatic rings. The number of allylic oxidation sites excluding steroid dienone is 1. The molecule has 6 heteroatoms. The smallest absolute Gasteiger partial charge is 0.232 e. The fourth-order valence-electron chi connectivity index (χ4n) is 3.71. The minimum Gasteiger partial charge on any atom is -0.507 e. The molecule has 26 heavy (non-hydrogen) atoms. The number of nitrogens with one attached hydrogen (secondary N) is 2. The van der Waals surface area contributed by atoms with Crippen LogP contribution in [0.2, 0.25) is 0 Å². The number of fused-ring (bicyclic) bond motifs is 1. The van der Waals surface area contributed by atoms with Crippen molar-refractivity contribution in [2.24, 2.45) is 0 Å². The maximum Gasteiger partial charge on any atom is 0.232 e. The minimum absolute atomic E-state index is 0.0926. The highest BCUT2D eigenvalue weighted by atomic mass is 32.1. The first kappa shape index (κ1) is 17.3. The molecule has 0 bridgehead atoms. The van der Waals surface area contributed by atoms with Crippen molar-refractivity contribution >= 4 is 23.2 Å². The highest BCUT2D eigenvalue weighted by Gasteiger charge is 2.35. The maximum atomic E-state index is 12.9. The van der Waals surface area contributed by atoms with Crippen LogP contribution in [0, 0.1) is 6.92 Å². The fourth-order valence-corrected chi connectivity index (χ4v) is 4.36. The third kappa shape index (κ3) is 3.16. The summed E-state index contributed by atoms with van der Waals surface area (Å²) >= 11 is 1.57. The van der Waals surface area contributed by atoms with Gasteiger partial charge in [0.1, 0.15) is 38.5 Å². The number of thiophene rings is 1. The van der Waals surface area contributed by atoms with Crippen LogP contribution in [0.1, 0.15) is 26.4 Å². The van der Waals surface area contributed by atoms with Gasteiger partial charge in [-0.3, -0.25) is 4.79 Å². The molecule has 0 aliphatic carbocycles. The van der Waals surface area contributed by atoms with Gasteiger partial charge in [0.2, 0.25) is 5.78 Å². The summed E-state index contributed by atoms with van der Waals surface area (Å²) in [5, 5.41) is 12.5. The summed E-state index contributed by atoms with van der Waals surface area (Å²) in [4.78, 5) is 16.8. The molecule has 2 aliphatic heterocycles. The second-order valence-corrected chi connectivity index (χ2v) is 8.21. The Bertz CT molecular complexity index is 866. The van der Waals surface area contributed by atoms with Crippen LogP contribution < -0.4 is 14.5 Å². The van der Waals surface area contributed by atoms with Crippen molar-refractivity contribution < 1.29 is 24.4 Å². The third-order valence-electron chi connectivity index (χ3n) is 5.27. The first-order chi connectivity index (χ1) is 12.5. The molecule has 1 saturated heterocycles. The summed E-state index contributed by atoms with van der Waals surface area (Å²) in [5.41, 5.74) is 2.11. The number of ketones is 1. The molecule has 0 spiro atoms. The number of hydrogen-bond acceptors (Lipinski definition) is 4. The van der Waals surface area contributed by atoms with Gasteiger partial charge in [-0.1, -0.05) is 6.07 Å². The molecular weight excluding hydrogens is 348 g/mol. The van der Waals surface area contributed by atoms with Gasteiger partial charge in [-0.05, 0) is 30.0 Å². The molecule has 2 aliphatic rings. The van der Waals surface area contributed by atoms with Gasteiger partial charge in [0, 0.05) is 11.0 Å². The number of carbonyl (C=O) groups excluding carboxylic acids is 1. The van der Waals surface area contributed by atoms with Crippen LogP contribution in [0.15, 0.2) is 29.3 Å². The van der Waals surface area contributed by atoms with Gasteiger partial charge in [0.25, 0.3) is 0 Å². The van der Waals surface area contributed by atoms with Crippen molar-refractivity contribution in [2.45, 2.75) is 13.5 Å². The van der Waals surface area contributed by atoms with Crippen LogP contribution in [0.3, 0.4) is 0 Å². The molecule has 136 valence electrons. The molecule has 0 atom stereocenters. The third-order valence-corrected chi connectivity index (χ3v) is 6.09. The monoisotopic (exact) mass is 372 g/mol. The fraction of sp³-hybridized carbons (Fsp3) is 0.350. The number of Topliss-reactive ketones (excluding diaryl/α,β-unsaturated/α-hetero) is 1. The first-order valence-electron chi connectivity index (χ1n) is 9.01. The standard InChI is InChI=1S/C20H22N2O3S/c1-13-10-16(23)15(12-22-7-5-21(2)6-8-22)20-18(13)19(24)17(25-20)11-14-4-3-9-26-14/h3-4,9-11,23H,5-8,12H2,1-2H3/p+2/b17-11-. The zero-order chi connectivity index (χ0) is 18.3. The van der Waals surface area contributed by atoms with Crippen LogP contribution in [0.5, 0.6) is 11.5 Å². The zero-order valence-corrected chi connectivity index (χ0v) is 15.9. The second kappa shape index (κ2) is 6.87. The number of rotatable bonds is 3. The average Bonchev–Trinajstić information content (AvgIpc) is 3.22. The highest BCUT2D eigenvalue weighted by Crippen LogP contribution is 2.41. The van der Waals surface area contributed by atoms with Crippen LogP contribution in [0.4, 0.5) is 0 Å². The number of benzene rings is 1. The molecule has 0 unspecified atom stereocenters. The molecule has 1 fully saturated rings. The quantitative estimate of drug-likeness (QED) is 0.679. The normalized spacial score (nSPS) is 23.9. The molecule has 0 amide bonds. The summed E-state index contributed by atoms with van der Waals surface area (Å²) in [6.07, 6.45) is 1.79. The topological polar surface area (TPSA) is 55.4 Å². The van der Waals surface area contributed by atoms with Gasteiger partial charge < -0.3 is 19.6 Å². The Balaban J connectivity index is 1.67. The van der Waals surface area contributed by atoms with Crippen LogP contribution in [-0.4, -0.2) is 44.1 Å². The van der Waals surface area contributed by atoms with Crippen molar-refractivity contribution in [3.8, 4) is 11.5 Å². The molecule has 0 radical (unpaired) electrons.